The first-order chi connectivity index (χ1) is 11.2. The molecule has 0 spiro atoms. The van der Waals surface area contributed by atoms with Crippen molar-refractivity contribution < 1.29 is 13.2 Å². The van der Waals surface area contributed by atoms with E-state index in [2.05, 4.69) is 15.1 Å². The molecule has 24 heavy (non-hydrogen) atoms. The molecule has 0 saturated heterocycles. The third kappa shape index (κ3) is 4.01. The maximum absolute atomic E-state index is 12.5. The van der Waals surface area contributed by atoms with Crippen LogP contribution in [0.2, 0.25) is 0 Å². The molecule has 2 rings (SSSR count). The highest BCUT2D eigenvalue weighted by atomic mass is 32.2. The predicted octanol–water partition coefficient (Wildman–Crippen LogP) is 1.23. The minimum absolute atomic E-state index is 0.120. The summed E-state index contributed by atoms with van der Waals surface area (Å²) in [7, 11) is -2.27. The Hall–Kier alpha value is -2.19. The lowest BCUT2D eigenvalue weighted by Crippen LogP contribution is -2.36. The highest BCUT2D eigenvalue weighted by molar-refractivity contribution is 7.89. The largest absolute Gasteiger partial charge is 0.348 e. The van der Waals surface area contributed by atoms with E-state index in [1.165, 1.54) is 13.1 Å². The monoisotopic (exact) mass is 350 g/mol. The number of nitrogens with one attached hydrogen (secondary N) is 2. The van der Waals surface area contributed by atoms with Gasteiger partial charge in [-0.1, -0.05) is 0 Å². The second-order valence-electron chi connectivity index (χ2n) is 5.73. The molecule has 0 aliphatic carbocycles. The Morgan fingerprint density at radius 3 is 2.62 bits per heavy atom. The van der Waals surface area contributed by atoms with Gasteiger partial charge in [0.25, 0.3) is 5.91 Å². The molecule has 2 aromatic rings. The third-order valence-corrected chi connectivity index (χ3v) is 5.38. The Balaban J connectivity index is 2.23. The van der Waals surface area contributed by atoms with E-state index in [9.17, 15) is 13.2 Å². The Morgan fingerprint density at radius 2 is 2.04 bits per heavy atom. The number of aryl methyl sites for hydroxylation is 1. The quantitative estimate of drug-likeness (QED) is 0.819. The molecule has 2 N–H and O–H groups in total. The second kappa shape index (κ2) is 7.14. The molecule has 1 atom stereocenters. The van der Waals surface area contributed by atoms with E-state index >= 15 is 0 Å². The average Bonchev–Trinajstić information content (AvgIpc) is 3.02. The zero-order valence-electron chi connectivity index (χ0n) is 14.2. The van der Waals surface area contributed by atoms with E-state index < -0.39 is 10.0 Å². The van der Waals surface area contributed by atoms with Gasteiger partial charge in [-0.3, -0.25) is 9.48 Å². The number of hydrogen-bond acceptors (Lipinski definition) is 4. The number of hydrogen-bond donors (Lipinski definition) is 2. The molecule has 0 aliphatic rings. The van der Waals surface area contributed by atoms with Gasteiger partial charge in [-0.15, -0.1) is 0 Å². The first-order valence-corrected chi connectivity index (χ1v) is 9.06. The van der Waals surface area contributed by atoms with Crippen LogP contribution in [0.25, 0.3) is 0 Å². The van der Waals surface area contributed by atoms with Crippen molar-refractivity contribution in [1.29, 1.82) is 0 Å². The van der Waals surface area contributed by atoms with Crippen LogP contribution in [0.3, 0.4) is 0 Å². The summed E-state index contributed by atoms with van der Waals surface area (Å²) in [6.45, 7) is 5.91. The van der Waals surface area contributed by atoms with Gasteiger partial charge < -0.3 is 5.32 Å². The first kappa shape index (κ1) is 18.2. The van der Waals surface area contributed by atoms with E-state index in [1.54, 1.807) is 30.8 Å². The standard InChI is InChI=1S/C16H22N4O3S/c1-11-8-14(9-15(13(11)3)24(22,23)17-4)16(21)19-12(2)10-20-7-5-6-18-20/h5-9,12,17H,10H2,1-4H3,(H,19,21)/t12-/m0/s1. The number of carbonyl (C=O) groups excluding carboxylic acids is 1. The lowest BCUT2D eigenvalue weighted by atomic mass is 10.1. The van der Waals surface area contributed by atoms with Crippen LogP contribution in [0.4, 0.5) is 0 Å². The summed E-state index contributed by atoms with van der Waals surface area (Å²) in [6, 6.07) is 4.76. The molecule has 7 nitrogen and oxygen atoms in total. The molecule has 130 valence electrons. The van der Waals surface area contributed by atoms with Crippen molar-refractivity contribution in [2.45, 2.75) is 38.3 Å². The highest BCUT2D eigenvalue weighted by Crippen LogP contribution is 2.21. The highest BCUT2D eigenvalue weighted by Gasteiger charge is 2.20. The van der Waals surface area contributed by atoms with Crippen LogP contribution in [0.1, 0.15) is 28.4 Å². The summed E-state index contributed by atoms with van der Waals surface area (Å²) >= 11 is 0. The van der Waals surface area contributed by atoms with E-state index in [0.717, 1.165) is 5.56 Å². The van der Waals surface area contributed by atoms with Gasteiger partial charge in [-0.25, -0.2) is 13.1 Å². The van der Waals surface area contributed by atoms with Gasteiger partial charge >= 0.3 is 0 Å². The summed E-state index contributed by atoms with van der Waals surface area (Å²) in [5.74, 6) is -0.315. The number of sulfonamides is 1. The fourth-order valence-electron chi connectivity index (χ4n) is 2.39. The minimum atomic E-state index is -3.62. The number of carbonyl (C=O) groups is 1. The fraction of sp³-hybridized carbons (Fsp3) is 0.375. The van der Waals surface area contributed by atoms with Crippen molar-refractivity contribution in [3.63, 3.8) is 0 Å². The Kier molecular flexibility index (Phi) is 5.40. The van der Waals surface area contributed by atoms with Gasteiger partial charge in [0.05, 0.1) is 11.4 Å². The fourth-order valence-corrected chi connectivity index (χ4v) is 3.46. The average molecular weight is 350 g/mol. The summed E-state index contributed by atoms with van der Waals surface area (Å²) < 4.78 is 28.3. The van der Waals surface area contributed by atoms with Gasteiger partial charge in [-0.05, 0) is 57.1 Å². The molecular weight excluding hydrogens is 328 g/mol. The zero-order chi connectivity index (χ0) is 17.9. The summed E-state index contributed by atoms with van der Waals surface area (Å²) in [6.07, 6.45) is 3.49. The van der Waals surface area contributed by atoms with Gasteiger partial charge in [0.1, 0.15) is 0 Å². The molecule has 0 unspecified atom stereocenters. The Labute approximate surface area is 142 Å². The zero-order valence-corrected chi connectivity index (χ0v) is 15.0. The summed E-state index contributed by atoms with van der Waals surface area (Å²) in [5.41, 5.74) is 1.70. The van der Waals surface area contributed by atoms with Crippen molar-refractivity contribution in [1.82, 2.24) is 19.8 Å². The van der Waals surface area contributed by atoms with Crippen LogP contribution in [0.15, 0.2) is 35.5 Å². The Bertz CT molecular complexity index is 829. The van der Waals surface area contributed by atoms with Crippen molar-refractivity contribution in [3.8, 4) is 0 Å². The van der Waals surface area contributed by atoms with Crippen LogP contribution in [-0.4, -0.2) is 37.2 Å². The normalized spacial score (nSPS) is 12.8. The lowest BCUT2D eigenvalue weighted by molar-refractivity contribution is 0.0935. The topological polar surface area (TPSA) is 93.1 Å². The van der Waals surface area contributed by atoms with E-state index in [1.807, 2.05) is 19.2 Å². The van der Waals surface area contributed by atoms with Crippen molar-refractivity contribution >= 4 is 15.9 Å². The molecule has 8 heteroatoms. The molecule has 0 radical (unpaired) electrons. The number of aromatic nitrogens is 2. The van der Waals surface area contributed by atoms with Crippen LogP contribution < -0.4 is 10.0 Å². The van der Waals surface area contributed by atoms with Crippen LogP contribution in [0.5, 0.6) is 0 Å². The minimum Gasteiger partial charge on any atom is -0.348 e. The molecule has 0 bridgehead atoms. The third-order valence-electron chi connectivity index (χ3n) is 3.84. The van der Waals surface area contributed by atoms with E-state index in [4.69, 9.17) is 0 Å². The molecular formula is C16H22N4O3S. The summed E-state index contributed by atoms with van der Waals surface area (Å²) in [5, 5.41) is 6.96. The SMILES string of the molecule is CNS(=O)(=O)c1cc(C(=O)N[C@@H](C)Cn2cccn2)cc(C)c1C. The molecule has 0 fully saturated rings. The van der Waals surface area contributed by atoms with Gasteiger partial charge in [-0.2, -0.15) is 5.10 Å². The van der Waals surface area contributed by atoms with Gasteiger partial charge in [0.15, 0.2) is 0 Å². The second-order valence-corrected chi connectivity index (χ2v) is 7.58. The number of nitrogens with zero attached hydrogens (tertiary/aromatic N) is 2. The maximum atomic E-state index is 12.5. The summed E-state index contributed by atoms with van der Waals surface area (Å²) in [4.78, 5) is 12.6. The van der Waals surface area contributed by atoms with Crippen molar-refractivity contribution in [2.75, 3.05) is 7.05 Å². The maximum Gasteiger partial charge on any atom is 0.251 e. The lowest BCUT2D eigenvalue weighted by Gasteiger charge is -2.16. The van der Waals surface area contributed by atoms with Crippen LogP contribution in [-0.2, 0) is 16.6 Å². The van der Waals surface area contributed by atoms with Gasteiger partial charge in [0.2, 0.25) is 10.0 Å². The van der Waals surface area contributed by atoms with E-state index in [-0.39, 0.29) is 16.8 Å². The van der Waals surface area contributed by atoms with Crippen molar-refractivity contribution in [2.24, 2.45) is 0 Å². The smallest absolute Gasteiger partial charge is 0.251 e. The first-order valence-electron chi connectivity index (χ1n) is 7.57. The van der Waals surface area contributed by atoms with Crippen molar-refractivity contribution in [3.05, 3.63) is 47.3 Å². The van der Waals surface area contributed by atoms with Crippen LogP contribution >= 0.6 is 0 Å². The molecule has 1 aromatic heterocycles. The number of amides is 1. The van der Waals surface area contributed by atoms with E-state index in [0.29, 0.717) is 17.7 Å². The molecule has 1 aromatic carbocycles. The molecule has 0 saturated carbocycles. The molecule has 0 aliphatic heterocycles. The molecule has 1 amide bonds. The van der Waals surface area contributed by atoms with Gasteiger partial charge in [0, 0.05) is 24.0 Å². The Morgan fingerprint density at radius 1 is 1.33 bits per heavy atom. The number of benzene rings is 1. The number of rotatable bonds is 6. The molecule has 1 heterocycles. The van der Waals surface area contributed by atoms with Crippen LogP contribution in [0, 0.1) is 13.8 Å². The predicted molar refractivity (Wildman–Crippen MR) is 91.3 cm³/mol.